The number of aromatic nitrogens is 2. The molecule has 1 aromatic carbocycles. The van der Waals surface area contributed by atoms with Gasteiger partial charge in [0.2, 0.25) is 0 Å². The normalized spacial score (nSPS) is 10.3. The van der Waals surface area contributed by atoms with E-state index in [1.807, 2.05) is 0 Å². The minimum absolute atomic E-state index is 0.235. The fourth-order valence-electron chi connectivity index (χ4n) is 1.12. The molecule has 0 saturated carbocycles. The van der Waals surface area contributed by atoms with Gasteiger partial charge in [-0.15, -0.1) is 0 Å². The summed E-state index contributed by atoms with van der Waals surface area (Å²) < 4.78 is 5.44. The van der Waals surface area contributed by atoms with Gasteiger partial charge in [0.1, 0.15) is 0 Å². The Bertz CT molecular complexity index is 519. The fourth-order valence-corrected chi connectivity index (χ4v) is 1.73. The highest BCUT2D eigenvalue weighted by Gasteiger charge is 2.06. The maximum Gasteiger partial charge on any atom is 0.321 e. The molecule has 0 N–H and O–H groups in total. The second kappa shape index (κ2) is 5.67. The van der Waals surface area contributed by atoms with Gasteiger partial charge in [-0.25, -0.2) is 9.97 Å². The summed E-state index contributed by atoms with van der Waals surface area (Å²) in [6, 6.07) is 5.20. The lowest BCUT2D eigenvalue weighted by molar-refractivity contribution is 0.441. The smallest absolute Gasteiger partial charge is 0.321 e. The molecular formula is C11H7BrCl2N2O. The molecule has 0 radical (unpaired) electrons. The molecule has 0 unspecified atom stereocenters. The first-order chi connectivity index (χ1) is 8.19. The lowest BCUT2D eigenvalue weighted by atomic mass is 10.3. The van der Waals surface area contributed by atoms with E-state index in [2.05, 4.69) is 25.9 Å². The monoisotopic (exact) mass is 332 g/mol. The molecule has 6 heteroatoms. The fraction of sp³-hybridized carbons (Fsp3) is 0.0909. The topological polar surface area (TPSA) is 35.0 Å². The van der Waals surface area contributed by atoms with Crippen molar-refractivity contribution in [1.29, 1.82) is 0 Å². The molecule has 2 rings (SSSR count). The maximum absolute atomic E-state index is 5.96. The Morgan fingerprint density at radius 2 is 1.88 bits per heavy atom. The minimum Gasteiger partial charge on any atom is -0.423 e. The van der Waals surface area contributed by atoms with E-state index in [4.69, 9.17) is 27.9 Å². The molecule has 0 atom stereocenters. The van der Waals surface area contributed by atoms with E-state index in [0.717, 1.165) is 5.56 Å². The van der Waals surface area contributed by atoms with Crippen LogP contribution < -0.4 is 4.74 Å². The van der Waals surface area contributed by atoms with Crippen LogP contribution in [0.4, 0.5) is 0 Å². The third kappa shape index (κ3) is 3.31. The van der Waals surface area contributed by atoms with Crippen molar-refractivity contribution < 1.29 is 4.74 Å². The molecule has 0 bridgehead atoms. The van der Waals surface area contributed by atoms with Gasteiger partial charge >= 0.3 is 6.01 Å². The van der Waals surface area contributed by atoms with Gasteiger partial charge in [0, 0.05) is 28.8 Å². The zero-order chi connectivity index (χ0) is 12.3. The molecule has 0 amide bonds. The molecule has 3 nitrogen and oxygen atoms in total. The van der Waals surface area contributed by atoms with Gasteiger partial charge in [0.25, 0.3) is 0 Å². The van der Waals surface area contributed by atoms with Gasteiger partial charge in [-0.2, -0.15) is 0 Å². The Kier molecular flexibility index (Phi) is 4.20. The highest BCUT2D eigenvalue weighted by Crippen LogP contribution is 2.30. The van der Waals surface area contributed by atoms with Crippen LogP contribution in [0.1, 0.15) is 5.56 Å². The first-order valence-electron chi connectivity index (χ1n) is 4.69. The summed E-state index contributed by atoms with van der Waals surface area (Å²) in [4.78, 5) is 8.10. The molecule has 2 aromatic rings. The summed E-state index contributed by atoms with van der Waals surface area (Å²) in [5.41, 5.74) is 0.967. The Morgan fingerprint density at radius 1 is 1.18 bits per heavy atom. The first kappa shape index (κ1) is 12.6. The summed E-state index contributed by atoms with van der Waals surface area (Å²) in [7, 11) is 0. The van der Waals surface area contributed by atoms with Crippen molar-refractivity contribution in [2.75, 3.05) is 0 Å². The molecule has 1 aromatic heterocycles. The van der Waals surface area contributed by atoms with Crippen LogP contribution in [-0.2, 0) is 5.33 Å². The van der Waals surface area contributed by atoms with Gasteiger partial charge in [-0.1, -0.05) is 39.1 Å². The van der Waals surface area contributed by atoms with Crippen molar-refractivity contribution in [3.8, 4) is 11.8 Å². The largest absolute Gasteiger partial charge is 0.423 e. The summed E-state index contributed by atoms with van der Waals surface area (Å²) in [5.74, 6) is 0.436. The number of rotatable bonds is 3. The third-order valence-corrected chi connectivity index (χ3v) is 3.13. The van der Waals surface area contributed by atoms with Crippen LogP contribution in [0, 0.1) is 0 Å². The Labute approximate surface area is 117 Å². The van der Waals surface area contributed by atoms with Gasteiger partial charge in [0.15, 0.2) is 5.75 Å². The van der Waals surface area contributed by atoms with Crippen LogP contribution >= 0.6 is 39.1 Å². The standard InChI is InChI=1S/C11H7BrCl2N2O/c12-4-7-5-15-11(16-6-7)17-10-3-8(13)1-2-9(10)14/h1-3,5-6H,4H2. The average Bonchev–Trinajstić information content (AvgIpc) is 2.35. The van der Waals surface area contributed by atoms with Crippen molar-refractivity contribution >= 4 is 39.1 Å². The summed E-state index contributed by atoms with van der Waals surface area (Å²) in [6.07, 6.45) is 3.35. The van der Waals surface area contributed by atoms with E-state index in [1.165, 1.54) is 0 Å². The molecule has 88 valence electrons. The predicted molar refractivity (Wildman–Crippen MR) is 71.2 cm³/mol. The van der Waals surface area contributed by atoms with E-state index >= 15 is 0 Å². The number of ether oxygens (including phenoxy) is 1. The zero-order valence-corrected chi connectivity index (χ0v) is 11.6. The van der Waals surface area contributed by atoms with Crippen LogP contribution in [0.25, 0.3) is 0 Å². The van der Waals surface area contributed by atoms with Gasteiger partial charge < -0.3 is 4.74 Å². The van der Waals surface area contributed by atoms with Crippen molar-refractivity contribution in [3.05, 3.63) is 46.2 Å². The predicted octanol–water partition coefficient (Wildman–Crippen LogP) is 4.47. The van der Waals surface area contributed by atoms with Crippen LogP contribution in [-0.4, -0.2) is 9.97 Å². The third-order valence-electron chi connectivity index (χ3n) is 1.93. The first-order valence-corrected chi connectivity index (χ1v) is 6.56. The highest BCUT2D eigenvalue weighted by atomic mass is 79.9. The number of hydrogen-bond acceptors (Lipinski definition) is 3. The molecule has 0 spiro atoms. The summed E-state index contributed by atoms with van der Waals surface area (Å²) in [6.45, 7) is 0. The van der Waals surface area contributed by atoms with E-state index in [1.54, 1.807) is 30.6 Å². The zero-order valence-electron chi connectivity index (χ0n) is 8.53. The molecule has 0 saturated heterocycles. The van der Waals surface area contributed by atoms with Crippen molar-refractivity contribution in [2.45, 2.75) is 5.33 Å². The number of benzene rings is 1. The summed E-state index contributed by atoms with van der Waals surface area (Å²) in [5, 5.41) is 1.70. The van der Waals surface area contributed by atoms with Crippen molar-refractivity contribution in [3.63, 3.8) is 0 Å². The Balaban J connectivity index is 2.22. The average molecular weight is 334 g/mol. The van der Waals surface area contributed by atoms with Crippen molar-refractivity contribution in [1.82, 2.24) is 9.97 Å². The lowest BCUT2D eigenvalue weighted by Gasteiger charge is -2.06. The quantitative estimate of drug-likeness (QED) is 0.777. The van der Waals surface area contributed by atoms with E-state index in [-0.39, 0.29) is 6.01 Å². The number of halogens is 3. The molecule has 0 aliphatic carbocycles. The van der Waals surface area contributed by atoms with Gasteiger partial charge in [0.05, 0.1) is 5.02 Å². The molecular weight excluding hydrogens is 327 g/mol. The number of alkyl halides is 1. The second-order valence-corrected chi connectivity index (χ2v) is 4.59. The summed E-state index contributed by atoms with van der Waals surface area (Å²) >= 11 is 15.1. The molecule has 0 aliphatic rings. The number of hydrogen-bond donors (Lipinski definition) is 0. The SMILES string of the molecule is Clc1ccc(Cl)c(Oc2ncc(CBr)cn2)c1. The van der Waals surface area contributed by atoms with E-state index in [9.17, 15) is 0 Å². The van der Waals surface area contributed by atoms with Crippen molar-refractivity contribution in [2.24, 2.45) is 0 Å². The molecule has 0 fully saturated rings. The van der Waals surface area contributed by atoms with Gasteiger partial charge in [-0.05, 0) is 17.7 Å². The highest BCUT2D eigenvalue weighted by molar-refractivity contribution is 9.08. The lowest BCUT2D eigenvalue weighted by Crippen LogP contribution is -1.93. The number of nitrogens with zero attached hydrogens (tertiary/aromatic N) is 2. The Morgan fingerprint density at radius 3 is 2.53 bits per heavy atom. The second-order valence-electron chi connectivity index (χ2n) is 3.18. The molecule has 17 heavy (non-hydrogen) atoms. The van der Waals surface area contributed by atoms with Gasteiger partial charge in [-0.3, -0.25) is 0 Å². The minimum atomic E-state index is 0.235. The van der Waals surface area contributed by atoms with Crippen LogP contribution in [0.5, 0.6) is 11.8 Å². The van der Waals surface area contributed by atoms with E-state index in [0.29, 0.717) is 21.1 Å². The maximum atomic E-state index is 5.96. The van der Waals surface area contributed by atoms with Crippen LogP contribution in [0.3, 0.4) is 0 Å². The van der Waals surface area contributed by atoms with Crippen LogP contribution in [0.15, 0.2) is 30.6 Å². The molecule has 0 aliphatic heterocycles. The van der Waals surface area contributed by atoms with Crippen LogP contribution in [0.2, 0.25) is 10.0 Å². The van der Waals surface area contributed by atoms with E-state index < -0.39 is 0 Å². The Hall–Kier alpha value is -0.840. The molecule has 1 heterocycles.